The molecule has 0 spiro atoms. The van der Waals surface area contributed by atoms with Gasteiger partial charge in [-0.25, -0.2) is 4.79 Å². The Labute approximate surface area is 245 Å². The van der Waals surface area contributed by atoms with Crippen LogP contribution >= 0.6 is 121 Å². The minimum atomic E-state index is -2.97. The number of nitrogen functional groups attached to an aromatic ring is 1. The Kier molecular flexibility index (Phi) is 9.62. The molecule has 1 aromatic heterocycles. The normalized spacial score (nSPS) is 21.0. The molecule has 0 bridgehead atoms. The quantitative estimate of drug-likeness (QED) is 0.140. The number of rotatable bonds is 3. The van der Waals surface area contributed by atoms with Crippen molar-refractivity contribution in [2.24, 2.45) is 0 Å². The average molecular weight is 1010 g/mol. The van der Waals surface area contributed by atoms with Gasteiger partial charge in [0, 0.05) is 35.0 Å². The molecule has 4 atom stereocenters. The molecule has 31 heavy (non-hydrogen) atoms. The number of ether oxygens (including phenoxy) is 1. The third-order valence-electron chi connectivity index (χ3n) is 4.07. The first-order chi connectivity index (χ1) is 14.5. The van der Waals surface area contributed by atoms with Crippen LogP contribution in [0.3, 0.4) is 0 Å². The molecule has 164 valence electrons. The molecule has 15 heteroatoms. The van der Waals surface area contributed by atoms with Crippen molar-refractivity contribution in [3.8, 4) is 11.8 Å². The summed E-state index contributed by atoms with van der Waals surface area (Å²) in [5.41, 5.74) is 6.37. The highest BCUT2D eigenvalue weighted by molar-refractivity contribution is 14.1. The Morgan fingerprint density at radius 2 is 1.74 bits per heavy atom. The van der Waals surface area contributed by atoms with E-state index < -0.39 is 32.6 Å². The molecule has 0 radical (unpaired) electrons. The van der Waals surface area contributed by atoms with Crippen LogP contribution in [0.25, 0.3) is 0 Å². The maximum atomic E-state index is 12.3. The molecule has 1 saturated heterocycles. The number of hydrogen-bond donors (Lipinski definition) is 3. The number of halogens is 5. The number of anilines is 1. The first-order valence-electron chi connectivity index (χ1n) is 8.09. The monoisotopic (exact) mass is 1010 g/mol. The number of aromatic nitrogens is 2. The van der Waals surface area contributed by atoms with Gasteiger partial charge in [0.05, 0.1) is 11.1 Å². The number of nitrogens with two attached hydrogens (primary N) is 1. The van der Waals surface area contributed by atoms with Gasteiger partial charge in [-0.1, -0.05) is 16.4 Å². The van der Waals surface area contributed by atoms with E-state index in [1.54, 1.807) is 0 Å². The highest BCUT2D eigenvalue weighted by atomic mass is 127. The Morgan fingerprint density at radius 3 is 2.32 bits per heavy atom. The topological polar surface area (TPSA) is 137 Å². The van der Waals surface area contributed by atoms with Crippen LogP contribution in [0.5, 0.6) is 0 Å². The van der Waals surface area contributed by atoms with Crippen molar-refractivity contribution in [2.75, 3.05) is 5.73 Å². The SMILES string of the molecule is Nc1nc(=O)n([C@H]2C[C@@H](O)[C@@H](O[P+](=O)O)O2)cc1C#Cc1c(I)c(I)c(I)c(I)c1I. The van der Waals surface area contributed by atoms with Gasteiger partial charge in [-0.3, -0.25) is 4.57 Å². The van der Waals surface area contributed by atoms with E-state index in [0.717, 1.165) is 28.0 Å². The summed E-state index contributed by atoms with van der Waals surface area (Å²) >= 11 is 11.4. The summed E-state index contributed by atoms with van der Waals surface area (Å²) in [7, 11) is -2.97. The van der Waals surface area contributed by atoms with Crippen molar-refractivity contribution in [1.29, 1.82) is 0 Å². The molecular weight excluding hydrogens is 996 g/mol. The maximum Gasteiger partial charge on any atom is 0.697 e. The van der Waals surface area contributed by atoms with E-state index in [4.69, 9.17) is 15.4 Å². The van der Waals surface area contributed by atoms with Crippen LogP contribution in [0.2, 0.25) is 0 Å². The van der Waals surface area contributed by atoms with Gasteiger partial charge >= 0.3 is 13.9 Å². The molecule has 1 aromatic carbocycles. The lowest BCUT2D eigenvalue weighted by molar-refractivity contribution is -0.126. The van der Waals surface area contributed by atoms with Crippen LogP contribution in [-0.2, 0) is 13.8 Å². The van der Waals surface area contributed by atoms with Gasteiger partial charge in [0.25, 0.3) is 0 Å². The third-order valence-corrected chi connectivity index (χ3v) is 14.0. The zero-order chi connectivity index (χ0) is 23.0. The van der Waals surface area contributed by atoms with Crippen LogP contribution in [0, 0.1) is 29.7 Å². The standard InChI is InChI=1S/C16H9I5N3O6P/c17-9-6(10(18)12(20)13(21)11(9)19)2-1-5-4-24(16(26)23-14(5)22)8-3-7(25)15(29-8)30-31(27)28/h4,7-8,15,25H,3H2,(H2-,22,23,26,27,28)/p+1/t7-,8-,15-/m1/s1. The minimum absolute atomic E-state index is 0.0292. The van der Waals surface area contributed by atoms with E-state index in [-0.39, 0.29) is 12.2 Å². The fourth-order valence-electron chi connectivity index (χ4n) is 2.61. The maximum absolute atomic E-state index is 12.3. The Hall–Kier alpha value is 1.05. The van der Waals surface area contributed by atoms with E-state index in [1.165, 1.54) is 6.20 Å². The summed E-state index contributed by atoms with van der Waals surface area (Å²) in [6, 6.07) is 0. The predicted octanol–water partition coefficient (Wildman–Crippen LogP) is 3.52. The van der Waals surface area contributed by atoms with E-state index in [1.807, 2.05) is 0 Å². The van der Waals surface area contributed by atoms with Crippen molar-refractivity contribution in [2.45, 2.75) is 25.0 Å². The number of aliphatic hydroxyl groups excluding tert-OH is 1. The second kappa shape index (κ2) is 11.2. The smallest absolute Gasteiger partial charge is 0.387 e. The van der Waals surface area contributed by atoms with Crippen molar-refractivity contribution >= 4 is 127 Å². The molecule has 1 unspecified atom stereocenters. The number of hydrogen-bond acceptors (Lipinski definition) is 7. The Bertz CT molecular complexity index is 1170. The summed E-state index contributed by atoms with van der Waals surface area (Å²) < 4.78 is 27.4. The molecule has 2 aromatic rings. The summed E-state index contributed by atoms with van der Waals surface area (Å²) in [5, 5.41) is 9.99. The lowest BCUT2D eigenvalue weighted by Gasteiger charge is -2.13. The first-order valence-corrected chi connectivity index (χ1v) is 14.6. The largest absolute Gasteiger partial charge is 0.697 e. The fourth-order valence-corrected chi connectivity index (χ4v) is 8.01. The zero-order valence-electron chi connectivity index (χ0n) is 14.9. The van der Waals surface area contributed by atoms with Gasteiger partial charge in [0.1, 0.15) is 18.1 Å². The van der Waals surface area contributed by atoms with Crippen molar-refractivity contribution in [3.05, 3.63) is 45.7 Å². The van der Waals surface area contributed by atoms with Gasteiger partial charge < -0.3 is 15.6 Å². The molecular formula is C16H10I5N3O6P+. The first kappa shape index (κ1) is 26.7. The predicted molar refractivity (Wildman–Crippen MR) is 154 cm³/mol. The molecule has 1 fully saturated rings. The molecule has 1 aliphatic heterocycles. The molecule has 3 rings (SSSR count). The second-order valence-electron chi connectivity index (χ2n) is 6.03. The van der Waals surface area contributed by atoms with E-state index >= 15 is 0 Å². The Balaban J connectivity index is 2.00. The minimum Gasteiger partial charge on any atom is -0.387 e. The Morgan fingerprint density at radius 1 is 1.16 bits per heavy atom. The molecule has 1 aliphatic rings. The number of aliphatic hydroxyl groups is 1. The average Bonchev–Trinajstić information content (AvgIpc) is 3.05. The summed E-state index contributed by atoms with van der Waals surface area (Å²) in [6.45, 7) is 0. The van der Waals surface area contributed by atoms with Crippen molar-refractivity contribution in [1.82, 2.24) is 9.55 Å². The van der Waals surface area contributed by atoms with Gasteiger partial charge in [-0.2, -0.15) is 4.98 Å². The summed E-state index contributed by atoms with van der Waals surface area (Å²) in [5.74, 6) is 6.08. The lowest BCUT2D eigenvalue weighted by Crippen LogP contribution is -2.28. The van der Waals surface area contributed by atoms with Crippen LogP contribution in [0.4, 0.5) is 5.82 Å². The summed E-state index contributed by atoms with van der Waals surface area (Å²) in [4.78, 5) is 25.0. The van der Waals surface area contributed by atoms with E-state index in [2.05, 4.69) is 134 Å². The third kappa shape index (κ3) is 6.01. The van der Waals surface area contributed by atoms with Gasteiger partial charge in [-0.15, -0.1) is 4.89 Å². The van der Waals surface area contributed by atoms with Crippen LogP contribution < -0.4 is 11.4 Å². The molecule has 9 nitrogen and oxygen atoms in total. The highest BCUT2D eigenvalue weighted by Gasteiger charge is 2.41. The molecule has 0 aliphatic carbocycles. The van der Waals surface area contributed by atoms with E-state index in [9.17, 15) is 14.5 Å². The van der Waals surface area contributed by atoms with Crippen LogP contribution in [-0.4, -0.2) is 31.9 Å². The van der Waals surface area contributed by atoms with Crippen molar-refractivity contribution < 1.29 is 23.8 Å². The second-order valence-corrected chi connectivity index (χ2v) is 12.1. The van der Waals surface area contributed by atoms with Gasteiger partial charge in [0.2, 0.25) is 6.29 Å². The van der Waals surface area contributed by atoms with Gasteiger partial charge in [-0.05, 0) is 113 Å². The molecule has 0 amide bonds. The number of nitrogens with zero attached hydrogens (tertiary/aromatic N) is 2. The lowest BCUT2D eigenvalue weighted by atomic mass is 10.2. The molecule has 2 heterocycles. The molecule has 0 saturated carbocycles. The zero-order valence-corrected chi connectivity index (χ0v) is 26.5. The fraction of sp³-hybridized carbons (Fsp3) is 0.250. The van der Waals surface area contributed by atoms with Crippen LogP contribution in [0.1, 0.15) is 23.8 Å². The molecule has 4 N–H and O–H groups in total. The van der Waals surface area contributed by atoms with Crippen LogP contribution in [0.15, 0.2) is 11.0 Å². The summed E-state index contributed by atoms with van der Waals surface area (Å²) in [6.07, 6.45) is -2.10. The van der Waals surface area contributed by atoms with Crippen molar-refractivity contribution in [3.63, 3.8) is 0 Å². The highest BCUT2D eigenvalue weighted by Crippen LogP contribution is 2.34. The van der Waals surface area contributed by atoms with E-state index in [0.29, 0.717) is 5.56 Å². The van der Waals surface area contributed by atoms with Gasteiger partial charge in [0.15, 0.2) is 0 Å². The number of benzene rings is 1.